The highest BCUT2D eigenvalue weighted by Crippen LogP contribution is 1.98. The van der Waals surface area contributed by atoms with Gasteiger partial charge >= 0.3 is 5.97 Å². The molecule has 0 aromatic rings. The molecule has 4 heteroatoms. The summed E-state index contributed by atoms with van der Waals surface area (Å²) in [5, 5.41) is 0. The summed E-state index contributed by atoms with van der Waals surface area (Å²) in [7, 11) is 0. The Morgan fingerprint density at radius 2 is 1.71 bits per heavy atom. The largest absolute Gasteiger partial charge is 0.457 e. The quantitative estimate of drug-likeness (QED) is 0.603. The number of hydrogen-bond donors (Lipinski definition) is 0. The number of carbonyl (C=O) groups is 3. The van der Waals surface area contributed by atoms with Crippen molar-refractivity contribution in [2.45, 2.75) is 33.6 Å². The Morgan fingerprint density at radius 1 is 1.14 bits per heavy atom. The van der Waals surface area contributed by atoms with Crippen LogP contribution in [0.15, 0.2) is 0 Å². The predicted octanol–water partition coefficient (Wildman–Crippen LogP) is 1.12. The summed E-state index contributed by atoms with van der Waals surface area (Å²) >= 11 is 0. The lowest BCUT2D eigenvalue weighted by Crippen LogP contribution is -2.17. The number of carbonyl (C=O) groups excluding carboxylic acids is 3. The molecule has 0 rings (SSSR count). The van der Waals surface area contributed by atoms with E-state index in [1.54, 1.807) is 13.8 Å². The van der Waals surface area contributed by atoms with Crippen LogP contribution in [0.3, 0.4) is 0 Å². The van der Waals surface area contributed by atoms with E-state index in [1.807, 2.05) is 0 Å². The van der Waals surface area contributed by atoms with Crippen LogP contribution in [0.1, 0.15) is 33.6 Å². The fourth-order valence-corrected chi connectivity index (χ4v) is 0.706. The van der Waals surface area contributed by atoms with Crippen LogP contribution in [0.25, 0.3) is 0 Å². The number of ether oxygens (including phenoxy) is 1. The van der Waals surface area contributed by atoms with Crippen molar-refractivity contribution < 1.29 is 19.1 Å². The number of esters is 1. The Kier molecular flexibility index (Phi) is 5.76. The average Bonchev–Trinajstić information content (AvgIpc) is 2.10. The van der Waals surface area contributed by atoms with E-state index < -0.39 is 0 Å². The van der Waals surface area contributed by atoms with Crippen molar-refractivity contribution in [3.63, 3.8) is 0 Å². The van der Waals surface area contributed by atoms with Crippen molar-refractivity contribution in [1.29, 1.82) is 0 Å². The maximum Gasteiger partial charge on any atom is 0.308 e. The second-order valence-electron chi connectivity index (χ2n) is 3.50. The minimum atomic E-state index is -0.388. The Balaban J connectivity index is 3.64. The molecule has 0 aliphatic carbocycles. The molecule has 4 nitrogen and oxygen atoms in total. The third-order valence-electron chi connectivity index (χ3n) is 1.60. The monoisotopic (exact) mass is 200 g/mol. The Bertz CT molecular complexity index is 230. The lowest BCUT2D eigenvalue weighted by atomic mass is 10.2. The summed E-state index contributed by atoms with van der Waals surface area (Å²) in [5.41, 5.74) is 0. The van der Waals surface area contributed by atoms with E-state index in [9.17, 15) is 14.4 Å². The molecule has 0 saturated carbocycles. The van der Waals surface area contributed by atoms with E-state index in [0.717, 1.165) is 0 Å². The van der Waals surface area contributed by atoms with E-state index in [0.29, 0.717) is 0 Å². The first-order valence-corrected chi connectivity index (χ1v) is 4.61. The van der Waals surface area contributed by atoms with Crippen LogP contribution in [-0.2, 0) is 19.1 Å². The predicted molar refractivity (Wildman–Crippen MR) is 50.7 cm³/mol. The van der Waals surface area contributed by atoms with Gasteiger partial charge in [0.2, 0.25) is 0 Å². The minimum absolute atomic E-state index is 0.0338. The standard InChI is InChI=1S/C10H16O4/c1-7(2)10(13)14-6-9(12)5-4-8(3)11/h7H,4-6H2,1-3H3. The van der Waals surface area contributed by atoms with Crippen LogP contribution in [0.5, 0.6) is 0 Å². The van der Waals surface area contributed by atoms with Gasteiger partial charge in [0.1, 0.15) is 12.4 Å². The zero-order valence-corrected chi connectivity index (χ0v) is 8.83. The first-order valence-electron chi connectivity index (χ1n) is 4.61. The highest BCUT2D eigenvalue weighted by atomic mass is 16.5. The molecule has 0 unspecified atom stereocenters. The van der Waals surface area contributed by atoms with Gasteiger partial charge in [-0.3, -0.25) is 9.59 Å². The van der Waals surface area contributed by atoms with Crippen LogP contribution in [0.4, 0.5) is 0 Å². The summed E-state index contributed by atoms with van der Waals surface area (Å²) in [5.74, 6) is -0.862. The van der Waals surface area contributed by atoms with Crippen molar-refractivity contribution in [2.75, 3.05) is 6.61 Å². The number of hydrogen-bond acceptors (Lipinski definition) is 4. The third kappa shape index (κ3) is 6.34. The molecule has 0 fully saturated rings. The smallest absolute Gasteiger partial charge is 0.308 e. The molecule has 0 N–H and O–H groups in total. The molecule has 14 heavy (non-hydrogen) atoms. The van der Waals surface area contributed by atoms with Crippen molar-refractivity contribution in [3.8, 4) is 0 Å². The lowest BCUT2D eigenvalue weighted by Gasteiger charge is -2.05. The first kappa shape index (κ1) is 12.8. The number of rotatable bonds is 6. The van der Waals surface area contributed by atoms with Gasteiger partial charge in [0.05, 0.1) is 5.92 Å². The van der Waals surface area contributed by atoms with Gasteiger partial charge in [-0.05, 0) is 6.92 Å². The van der Waals surface area contributed by atoms with Crippen molar-refractivity contribution >= 4 is 17.5 Å². The Morgan fingerprint density at radius 3 is 2.14 bits per heavy atom. The van der Waals surface area contributed by atoms with E-state index in [-0.39, 0.29) is 42.9 Å². The summed E-state index contributed by atoms with van der Waals surface area (Å²) < 4.78 is 4.70. The molecular weight excluding hydrogens is 184 g/mol. The molecule has 0 bridgehead atoms. The fraction of sp³-hybridized carbons (Fsp3) is 0.700. The summed E-state index contributed by atoms with van der Waals surface area (Å²) in [4.78, 5) is 32.5. The number of ketones is 2. The van der Waals surface area contributed by atoms with Crippen LogP contribution >= 0.6 is 0 Å². The molecule has 0 aromatic heterocycles. The van der Waals surface area contributed by atoms with Gasteiger partial charge in [0.15, 0.2) is 5.78 Å². The molecule has 0 amide bonds. The average molecular weight is 200 g/mol. The maximum absolute atomic E-state index is 11.0. The van der Waals surface area contributed by atoms with Gasteiger partial charge in [-0.15, -0.1) is 0 Å². The van der Waals surface area contributed by atoms with Gasteiger partial charge in [-0.2, -0.15) is 0 Å². The normalized spacial score (nSPS) is 10.0. The van der Waals surface area contributed by atoms with Gasteiger partial charge in [-0.1, -0.05) is 13.8 Å². The van der Waals surface area contributed by atoms with Crippen LogP contribution < -0.4 is 0 Å². The summed E-state index contributed by atoms with van der Waals surface area (Å²) in [6.07, 6.45) is 0.374. The summed E-state index contributed by atoms with van der Waals surface area (Å²) in [6, 6.07) is 0. The second-order valence-corrected chi connectivity index (χ2v) is 3.50. The van der Waals surface area contributed by atoms with E-state index >= 15 is 0 Å². The molecule has 0 aromatic carbocycles. The minimum Gasteiger partial charge on any atom is -0.457 e. The van der Waals surface area contributed by atoms with Gasteiger partial charge in [0.25, 0.3) is 0 Å². The molecule has 80 valence electrons. The molecule has 0 saturated heterocycles. The SMILES string of the molecule is CC(=O)CCC(=O)COC(=O)C(C)C. The molecule has 0 aliphatic rings. The van der Waals surface area contributed by atoms with E-state index in [4.69, 9.17) is 4.74 Å². The zero-order chi connectivity index (χ0) is 11.1. The van der Waals surface area contributed by atoms with Gasteiger partial charge < -0.3 is 9.53 Å². The number of Topliss-reactive ketones (excluding diaryl/α,β-unsaturated/α-hetero) is 2. The van der Waals surface area contributed by atoms with Crippen molar-refractivity contribution in [2.24, 2.45) is 5.92 Å². The zero-order valence-electron chi connectivity index (χ0n) is 8.83. The molecular formula is C10H16O4. The molecule has 0 heterocycles. The van der Waals surface area contributed by atoms with Crippen molar-refractivity contribution in [1.82, 2.24) is 0 Å². The maximum atomic E-state index is 11.0. The summed E-state index contributed by atoms with van der Waals surface area (Å²) in [6.45, 7) is 4.60. The molecule has 0 aliphatic heterocycles. The fourth-order valence-electron chi connectivity index (χ4n) is 0.706. The van der Waals surface area contributed by atoms with Gasteiger partial charge in [0, 0.05) is 12.8 Å². The van der Waals surface area contributed by atoms with Gasteiger partial charge in [-0.25, -0.2) is 0 Å². The van der Waals surface area contributed by atoms with E-state index in [1.165, 1.54) is 6.92 Å². The highest BCUT2D eigenvalue weighted by molar-refractivity contribution is 5.86. The molecule has 0 atom stereocenters. The van der Waals surface area contributed by atoms with Crippen LogP contribution in [0, 0.1) is 5.92 Å². The Labute approximate surface area is 83.6 Å². The van der Waals surface area contributed by atoms with E-state index in [2.05, 4.69) is 0 Å². The van der Waals surface area contributed by atoms with Crippen molar-refractivity contribution in [3.05, 3.63) is 0 Å². The third-order valence-corrected chi connectivity index (χ3v) is 1.60. The second kappa shape index (κ2) is 6.29. The first-order chi connectivity index (χ1) is 6.43. The molecule has 0 radical (unpaired) electrons. The van der Waals surface area contributed by atoms with Crippen LogP contribution in [0.2, 0.25) is 0 Å². The lowest BCUT2D eigenvalue weighted by molar-refractivity contribution is -0.151. The Hall–Kier alpha value is -1.19. The highest BCUT2D eigenvalue weighted by Gasteiger charge is 2.11. The molecule has 0 spiro atoms. The topological polar surface area (TPSA) is 60.4 Å². The van der Waals surface area contributed by atoms with Crippen LogP contribution in [-0.4, -0.2) is 24.1 Å².